The van der Waals surface area contributed by atoms with Crippen molar-refractivity contribution in [2.45, 2.75) is 51.5 Å². The Morgan fingerprint density at radius 3 is 2.45 bits per heavy atom. The number of alkyl carbamates (subject to hydrolysis) is 1. The molecule has 1 amide bonds. The number of aliphatic hydroxyl groups excluding tert-OH is 1. The third-order valence-electron chi connectivity index (χ3n) is 4.15. The van der Waals surface area contributed by atoms with Crippen LogP contribution in [0, 0.1) is 0 Å². The molecule has 7 heteroatoms. The van der Waals surface area contributed by atoms with E-state index in [9.17, 15) is 9.90 Å². The second-order valence-electron chi connectivity index (χ2n) is 7.88. The monoisotopic (exact) mass is 438 g/mol. The summed E-state index contributed by atoms with van der Waals surface area (Å²) in [4.78, 5) is 12.2. The summed E-state index contributed by atoms with van der Waals surface area (Å²) in [5.41, 5.74) is 1.27. The minimum absolute atomic E-state index is 0.270. The first kappa shape index (κ1) is 23.5. The number of amides is 1. The van der Waals surface area contributed by atoms with Gasteiger partial charge in [0.25, 0.3) is 0 Å². The summed E-state index contributed by atoms with van der Waals surface area (Å²) < 4.78 is 5.35. The first-order valence-corrected chi connectivity index (χ1v) is 10.3. The summed E-state index contributed by atoms with van der Waals surface area (Å²) in [5, 5.41) is 17.8. The molecule has 0 aliphatic heterocycles. The largest absolute Gasteiger partial charge is 0.444 e. The van der Waals surface area contributed by atoms with E-state index >= 15 is 0 Å². The van der Waals surface area contributed by atoms with Crippen LogP contribution in [0.25, 0.3) is 0 Å². The molecule has 0 aromatic heterocycles. The summed E-state index contributed by atoms with van der Waals surface area (Å²) in [6, 6.07) is 14.5. The summed E-state index contributed by atoms with van der Waals surface area (Å²) in [5.74, 6) is 0. The summed E-state index contributed by atoms with van der Waals surface area (Å²) in [7, 11) is 0. The van der Waals surface area contributed by atoms with Gasteiger partial charge in [-0.15, -0.1) is 0 Å². The maximum atomic E-state index is 12.2. The Bertz CT molecular complexity index is 794. The molecule has 5 nitrogen and oxygen atoms in total. The second kappa shape index (κ2) is 10.8. The van der Waals surface area contributed by atoms with Crippen LogP contribution in [0.15, 0.2) is 48.5 Å². The minimum atomic E-state index is -0.825. The maximum Gasteiger partial charge on any atom is 0.407 e. The SMILES string of the molecule is CC(C)(C)OC(=O)N[C@@H](Cc1ccccc1)[C@H](O)CNCc1ccc(Cl)cc1Cl. The van der Waals surface area contributed by atoms with Crippen molar-refractivity contribution >= 4 is 29.3 Å². The van der Waals surface area contributed by atoms with E-state index in [0.717, 1.165) is 11.1 Å². The molecule has 0 bridgehead atoms. The van der Waals surface area contributed by atoms with Crippen LogP contribution in [0.4, 0.5) is 4.79 Å². The lowest BCUT2D eigenvalue weighted by Gasteiger charge is -2.27. The normalized spacial score (nSPS) is 13.6. The lowest BCUT2D eigenvalue weighted by molar-refractivity contribution is 0.0422. The molecular formula is C22H28Cl2N2O3. The summed E-state index contributed by atoms with van der Waals surface area (Å²) in [6.07, 6.45) is -0.906. The Labute approximate surface area is 182 Å². The lowest BCUT2D eigenvalue weighted by Crippen LogP contribution is -2.49. The topological polar surface area (TPSA) is 70.6 Å². The molecule has 158 valence electrons. The first-order valence-electron chi connectivity index (χ1n) is 9.50. The van der Waals surface area contributed by atoms with E-state index in [-0.39, 0.29) is 6.54 Å². The van der Waals surface area contributed by atoms with Crippen molar-refractivity contribution in [3.05, 3.63) is 69.7 Å². The third-order valence-corrected chi connectivity index (χ3v) is 4.74. The van der Waals surface area contributed by atoms with E-state index in [1.54, 1.807) is 32.9 Å². The lowest BCUT2D eigenvalue weighted by atomic mass is 10.0. The molecule has 0 saturated carbocycles. The summed E-state index contributed by atoms with van der Waals surface area (Å²) >= 11 is 12.1. The molecule has 0 unspecified atom stereocenters. The number of hydrogen-bond acceptors (Lipinski definition) is 4. The van der Waals surface area contributed by atoms with E-state index < -0.39 is 23.8 Å². The van der Waals surface area contributed by atoms with Gasteiger partial charge in [-0.05, 0) is 50.5 Å². The highest BCUT2D eigenvalue weighted by Crippen LogP contribution is 2.20. The average Bonchev–Trinajstić information content (AvgIpc) is 2.62. The van der Waals surface area contributed by atoms with Gasteiger partial charge in [-0.1, -0.05) is 59.6 Å². The molecule has 0 aliphatic rings. The molecule has 0 radical (unpaired) electrons. The molecule has 2 atom stereocenters. The van der Waals surface area contributed by atoms with E-state index in [4.69, 9.17) is 27.9 Å². The standard InChI is InChI=1S/C22H28Cl2N2O3/c1-22(2,3)29-21(28)26-19(11-15-7-5-4-6-8-15)20(27)14-25-13-16-9-10-17(23)12-18(16)24/h4-10,12,19-20,25,27H,11,13-14H2,1-3H3,(H,26,28)/t19-,20+/m0/s1. The zero-order valence-electron chi connectivity index (χ0n) is 16.9. The van der Waals surface area contributed by atoms with E-state index in [1.807, 2.05) is 36.4 Å². The molecule has 2 aromatic carbocycles. The van der Waals surface area contributed by atoms with E-state index in [2.05, 4.69) is 10.6 Å². The van der Waals surface area contributed by atoms with Crippen molar-refractivity contribution in [1.29, 1.82) is 0 Å². The molecular weight excluding hydrogens is 411 g/mol. The highest BCUT2D eigenvalue weighted by molar-refractivity contribution is 6.35. The van der Waals surface area contributed by atoms with Crippen molar-refractivity contribution in [2.24, 2.45) is 0 Å². The molecule has 29 heavy (non-hydrogen) atoms. The smallest absolute Gasteiger partial charge is 0.407 e. The highest BCUT2D eigenvalue weighted by Gasteiger charge is 2.25. The predicted molar refractivity (Wildman–Crippen MR) is 117 cm³/mol. The van der Waals surface area contributed by atoms with Gasteiger partial charge in [0.1, 0.15) is 5.60 Å². The number of rotatable bonds is 8. The number of nitrogens with one attached hydrogen (secondary N) is 2. The quantitative estimate of drug-likeness (QED) is 0.563. The molecule has 0 saturated heterocycles. The second-order valence-corrected chi connectivity index (χ2v) is 8.72. The highest BCUT2D eigenvalue weighted by atomic mass is 35.5. The van der Waals surface area contributed by atoms with Crippen molar-refractivity contribution in [3.8, 4) is 0 Å². The van der Waals surface area contributed by atoms with Gasteiger partial charge in [0.05, 0.1) is 12.1 Å². The molecule has 0 aliphatic carbocycles. The fourth-order valence-corrected chi connectivity index (χ4v) is 3.25. The van der Waals surface area contributed by atoms with E-state index in [1.165, 1.54) is 0 Å². The zero-order chi connectivity index (χ0) is 21.4. The fourth-order valence-electron chi connectivity index (χ4n) is 2.77. The van der Waals surface area contributed by atoms with Crippen LogP contribution in [0.1, 0.15) is 31.9 Å². The van der Waals surface area contributed by atoms with Gasteiger partial charge in [0.2, 0.25) is 0 Å². The zero-order valence-corrected chi connectivity index (χ0v) is 18.4. The Morgan fingerprint density at radius 1 is 1.14 bits per heavy atom. The van der Waals surface area contributed by atoms with Gasteiger partial charge >= 0.3 is 6.09 Å². The van der Waals surface area contributed by atoms with Crippen LogP contribution >= 0.6 is 23.2 Å². The van der Waals surface area contributed by atoms with Crippen molar-refractivity contribution < 1.29 is 14.6 Å². The summed E-state index contributed by atoms with van der Waals surface area (Å²) in [6.45, 7) is 6.13. The Hall–Kier alpha value is -1.79. The third kappa shape index (κ3) is 8.62. The van der Waals surface area contributed by atoms with E-state index in [0.29, 0.717) is 23.0 Å². The number of carbonyl (C=O) groups is 1. The first-order chi connectivity index (χ1) is 13.6. The van der Waals surface area contributed by atoms with Crippen molar-refractivity contribution in [3.63, 3.8) is 0 Å². The van der Waals surface area contributed by atoms with Gasteiger partial charge in [-0.2, -0.15) is 0 Å². The predicted octanol–water partition coefficient (Wildman–Crippen LogP) is 4.58. The Balaban J connectivity index is 1.98. The number of ether oxygens (including phenoxy) is 1. The van der Waals surface area contributed by atoms with Crippen LogP contribution in [0.5, 0.6) is 0 Å². The van der Waals surface area contributed by atoms with Crippen LogP contribution < -0.4 is 10.6 Å². The van der Waals surface area contributed by atoms with Gasteiger partial charge in [-0.25, -0.2) is 4.79 Å². The minimum Gasteiger partial charge on any atom is -0.444 e. The number of benzene rings is 2. The number of hydrogen-bond donors (Lipinski definition) is 3. The van der Waals surface area contributed by atoms with Gasteiger partial charge in [-0.3, -0.25) is 0 Å². The van der Waals surface area contributed by atoms with Crippen LogP contribution in [-0.4, -0.2) is 35.5 Å². The molecule has 0 spiro atoms. The molecule has 2 aromatic rings. The van der Waals surface area contributed by atoms with Crippen LogP contribution in [0.2, 0.25) is 10.0 Å². The van der Waals surface area contributed by atoms with Gasteiger partial charge in [0.15, 0.2) is 0 Å². The molecule has 3 N–H and O–H groups in total. The molecule has 0 heterocycles. The van der Waals surface area contributed by atoms with Gasteiger partial charge < -0.3 is 20.5 Å². The maximum absolute atomic E-state index is 12.2. The van der Waals surface area contributed by atoms with Crippen LogP contribution in [-0.2, 0) is 17.7 Å². The Morgan fingerprint density at radius 2 is 1.83 bits per heavy atom. The fraction of sp³-hybridized carbons (Fsp3) is 0.409. The Kier molecular flexibility index (Phi) is 8.78. The van der Waals surface area contributed by atoms with Gasteiger partial charge in [0, 0.05) is 23.1 Å². The number of carbonyl (C=O) groups excluding carboxylic acids is 1. The number of halogens is 2. The number of aliphatic hydroxyl groups is 1. The molecule has 2 rings (SSSR count). The molecule has 0 fully saturated rings. The van der Waals surface area contributed by atoms with Crippen molar-refractivity contribution in [2.75, 3.05) is 6.54 Å². The average molecular weight is 439 g/mol. The van der Waals surface area contributed by atoms with Crippen LogP contribution in [0.3, 0.4) is 0 Å². The van der Waals surface area contributed by atoms with Crippen molar-refractivity contribution in [1.82, 2.24) is 10.6 Å².